The Morgan fingerprint density at radius 3 is 1.77 bits per heavy atom. The molecule has 25 heteroatoms. The van der Waals surface area contributed by atoms with E-state index in [4.69, 9.17) is 9.47 Å². The topological polar surface area (TPSA) is 378 Å². The summed E-state index contributed by atoms with van der Waals surface area (Å²) < 4.78 is 11.1. The number of rotatable bonds is 18. The smallest absolute Gasteiger partial charge is 0.251 e. The maximum Gasteiger partial charge on any atom is 0.251 e. The molecule has 86 heavy (non-hydrogen) atoms. The van der Waals surface area contributed by atoms with Crippen LogP contribution in [0.15, 0.2) is 97.1 Å². The molecule has 3 aliphatic rings. The van der Waals surface area contributed by atoms with E-state index in [9.17, 15) is 74.4 Å². The Morgan fingerprint density at radius 1 is 0.651 bits per heavy atom. The second-order valence-corrected chi connectivity index (χ2v) is 22.3. The first-order valence-corrected chi connectivity index (χ1v) is 28.9. The van der Waals surface area contributed by atoms with Crippen LogP contribution in [0, 0.1) is 5.92 Å². The van der Waals surface area contributed by atoms with Crippen molar-refractivity contribution in [1.29, 1.82) is 0 Å². The van der Waals surface area contributed by atoms with Crippen LogP contribution in [-0.4, -0.2) is 211 Å². The van der Waals surface area contributed by atoms with E-state index in [1.807, 2.05) is 48.5 Å². The van der Waals surface area contributed by atoms with Gasteiger partial charge in [0, 0.05) is 51.1 Å². The summed E-state index contributed by atoms with van der Waals surface area (Å²) in [6, 6.07) is 15.3. The summed E-state index contributed by atoms with van der Waals surface area (Å²) in [6.07, 6.45) is -12.2. The molecule has 7 rings (SSSR count). The lowest BCUT2D eigenvalue weighted by Gasteiger charge is -2.34. The van der Waals surface area contributed by atoms with Gasteiger partial charge in [0.05, 0.1) is 43.7 Å². The fourth-order valence-electron chi connectivity index (χ4n) is 10.7. The van der Waals surface area contributed by atoms with E-state index >= 15 is 0 Å². The molecular formula is C61H80N8O17. The van der Waals surface area contributed by atoms with Crippen molar-refractivity contribution >= 4 is 41.4 Å². The van der Waals surface area contributed by atoms with Crippen molar-refractivity contribution in [1.82, 2.24) is 41.7 Å². The molecule has 7 amide bonds. The lowest BCUT2D eigenvalue weighted by molar-refractivity contribution is -0.148. The molecule has 15 atom stereocenters. The third-order valence-electron chi connectivity index (χ3n) is 15.7. The number of carbonyl (C=O) groups excluding carboxylic acids is 7. The number of hydrogen-bond donors (Lipinski definition) is 14. The molecule has 3 saturated heterocycles. The monoisotopic (exact) mass is 1200 g/mol. The molecular weight excluding hydrogens is 1120 g/mol. The highest BCUT2D eigenvalue weighted by Gasteiger charge is 2.50. The molecule has 0 spiro atoms. The maximum absolute atomic E-state index is 14.7. The van der Waals surface area contributed by atoms with E-state index in [-0.39, 0.29) is 36.6 Å². The number of hydrogen-bond acceptors (Lipinski definition) is 18. The van der Waals surface area contributed by atoms with Gasteiger partial charge in [0.1, 0.15) is 66.1 Å². The van der Waals surface area contributed by atoms with Crippen LogP contribution in [0.3, 0.4) is 0 Å². The number of phenols is 1. The minimum Gasteiger partial charge on any atom is -0.508 e. The second kappa shape index (κ2) is 30.2. The van der Waals surface area contributed by atoms with E-state index in [0.717, 1.165) is 70.9 Å². The van der Waals surface area contributed by atoms with Crippen LogP contribution in [0.5, 0.6) is 11.5 Å². The largest absolute Gasteiger partial charge is 0.508 e. The molecule has 4 aromatic rings. The van der Waals surface area contributed by atoms with Gasteiger partial charge in [0.2, 0.25) is 35.4 Å². The summed E-state index contributed by atoms with van der Waals surface area (Å²) in [5.41, 5.74) is 3.48. The average molecular weight is 1200 g/mol. The van der Waals surface area contributed by atoms with Crippen molar-refractivity contribution in [2.75, 3.05) is 40.0 Å². The predicted octanol–water partition coefficient (Wildman–Crippen LogP) is -0.683. The van der Waals surface area contributed by atoms with Gasteiger partial charge >= 0.3 is 0 Å². The van der Waals surface area contributed by atoms with Crippen molar-refractivity contribution in [2.45, 2.75) is 145 Å². The number of aliphatic hydroxyl groups is 7. The Balaban J connectivity index is 1.22. The van der Waals surface area contributed by atoms with Crippen LogP contribution in [0.25, 0.3) is 22.3 Å². The molecule has 0 radical (unpaired) electrons. The van der Waals surface area contributed by atoms with Gasteiger partial charge in [-0.1, -0.05) is 87.4 Å². The summed E-state index contributed by atoms with van der Waals surface area (Å²) in [5, 5.41) is 105. The predicted molar refractivity (Wildman–Crippen MR) is 311 cm³/mol. The van der Waals surface area contributed by atoms with Crippen LogP contribution in [0.4, 0.5) is 0 Å². The Bertz CT molecular complexity index is 2950. The highest BCUT2D eigenvalue weighted by Crippen LogP contribution is 2.30. The van der Waals surface area contributed by atoms with Crippen molar-refractivity contribution in [3.63, 3.8) is 0 Å². The van der Waals surface area contributed by atoms with Crippen LogP contribution >= 0.6 is 0 Å². The summed E-state index contributed by atoms with van der Waals surface area (Å²) in [6.45, 7) is 5.62. The zero-order valence-electron chi connectivity index (χ0n) is 48.6. The molecule has 3 fully saturated rings. The van der Waals surface area contributed by atoms with Gasteiger partial charge in [-0.25, -0.2) is 0 Å². The summed E-state index contributed by atoms with van der Waals surface area (Å²) in [4.78, 5) is 103. The number of aromatic hydroxyl groups is 1. The molecule has 3 heterocycles. The Labute approximate surface area is 498 Å². The summed E-state index contributed by atoms with van der Waals surface area (Å²) in [7, 11) is 1.38. The van der Waals surface area contributed by atoms with Gasteiger partial charge in [-0.2, -0.15) is 0 Å². The van der Waals surface area contributed by atoms with Gasteiger partial charge in [-0.05, 0) is 84.5 Å². The third kappa shape index (κ3) is 16.3. The minimum absolute atomic E-state index is 0.00959. The number of nitrogens with zero attached hydrogens (tertiary/aromatic N) is 2. The molecule has 14 N–H and O–H groups in total. The Hall–Kier alpha value is -7.59. The average Bonchev–Trinajstić information content (AvgIpc) is 2.84. The SMILES string of the molecule is CCCCCOc1ccc(-c2ccc(-c3ccc(C(=O)N[C@H]4C[C@@H](O)C(NCCOC)NC(=O)C5[C@@H](O)[C@@H](C)CN5C(=O)C([C@@H](C)O)NC(=O)C([C@H](O)[C@@H](O)c5ccc(O)cc5)NC(=O)C5C[C@@H](O)CN5C(=O)C([C@@H](C)O)NC4=O)cc3)cc2)cc1. The molecule has 0 saturated carbocycles. The highest BCUT2D eigenvalue weighted by molar-refractivity contribution is 6.00. The zero-order chi connectivity index (χ0) is 62.5. The molecule has 0 aliphatic carbocycles. The second-order valence-electron chi connectivity index (χ2n) is 22.3. The number of carbonyl (C=O) groups is 7. The van der Waals surface area contributed by atoms with E-state index in [2.05, 4.69) is 38.8 Å². The zero-order valence-corrected chi connectivity index (χ0v) is 48.6. The van der Waals surface area contributed by atoms with Gasteiger partial charge in [0.25, 0.3) is 5.91 Å². The molecule has 4 aromatic carbocycles. The van der Waals surface area contributed by atoms with E-state index in [0.29, 0.717) is 6.61 Å². The van der Waals surface area contributed by atoms with Crippen LogP contribution in [0.1, 0.15) is 81.8 Å². The standard InChI is InChI=1S/C61H80N8O17/c1-6-7-8-26-86-43-23-19-38(20-24-43)36-11-9-35(10-12-36)37-13-15-40(16-14-37)55(78)63-44-29-46(74)54(62-25-27-85-5)67-59(82)50-51(75)32(2)30-69(50)61(84)48(34(4)71)65-58(81)49(53(77)52(76)39-17-21-41(72)22-18-39)66-57(80)45-28-42(73)31-68(45)60(83)47(33(3)70)64-56(44)79/h9-24,32-34,42,44-54,62,70-77H,6-8,25-31H2,1-5H3,(H,63,78)(H,64,79)(H,65,81)(H,66,80)(H,67,82)/t32-,33+,34+,42+,44-,45?,46+,47?,48?,49?,50?,51-,52-,53-,54?/m0/s1. The molecule has 0 aromatic heterocycles. The van der Waals surface area contributed by atoms with Crippen molar-refractivity contribution < 1.29 is 83.9 Å². The quantitative estimate of drug-likeness (QED) is 0.0549. The number of nitrogens with one attached hydrogen (secondary N) is 6. The molecule has 3 aliphatic heterocycles. The third-order valence-corrected chi connectivity index (χ3v) is 15.7. The Morgan fingerprint density at radius 2 is 1.20 bits per heavy atom. The van der Waals surface area contributed by atoms with Gasteiger partial charge in [-0.3, -0.25) is 38.9 Å². The number of aliphatic hydroxyl groups excluding tert-OH is 7. The number of ether oxygens (including phenoxy) is 2. The Kier molecular flexibility index (Phi) is 23.1. The maximum atomic E-state index is 14.7. The number of unbranched alkanes of at least 4 members (excludes halogenated alkanes) is 2. The van der Waals surface area contributed by atoms with Crippen molar-refractivity contribution in [3.05, 3.63) is 108 Å². The normalized spacial score (nSPS) is 26.8. The fourth-order valence-corrected chi connectivity index (χ4v) is 10.7. The minimum atomic E-state index is -2.28. The number of amides is 7. The fraction of sp³-hybridized carbons (Fsp3) is 0.492. The first-order chi connectivity index (χ1) is 41.0. The highest BCUT2D eigenvalue weighted by atomic mass is 16.5. The lowest BCUT2D eigenvalue weighted by Crippen LogP contribution is -2.64. The van der Waals surface area contributed by atoms with Gasteiger partial charge in [0.15, 0.2) is 0 Å². The van der Waals surface area contributed by atoms with Crippen LogP contribution in [-0.2, 0) is 33.5 Å². The van der Waals surface area contributed by atoms with Gasteiger partial charge in [-0.15, -0.1) is 0 Å². The van der Waals surface area contributed by atoms with E-state index in [1.54, 1.807) is 12.1 Å². The lowest BCUT2D eigenvalue weighted by atomic mass is 9.96. The molecule has 466 valence electrons. The summed E-state index contributed by atoms with van der Waals surface area (Å²) >= 11 is 0. The van der Waals surface area contributed by atoms with Gasteiger partial charge < -0.3 is 86.7 Å². The molecule has 0 bridgehead atoms. The molecule has 6 unspecified atom stereocenters. The number of phenolic OH excluding ortho intramolecular Hbond substituents is 1. The van der Waals surface area contributed by atoms with Crippen LogP contribution < -0.4 is 36.6 Å². The van der Waals surface area contributed by atoms with E-state index in [1.165, 1.54) is 50.4 Å². The van der Waals surface area contributed by atoms with Crippen molar-refractivity contribution in [3.8, 4) is 33.8 Å². The first kappa shape index (κ1) is 65.9. The van der Waals surface area contributed by atoms with E-state index < -0.39 is 152 Å². The molecule has 25 nitrogen and oxygen atoms in total. The number of benzene rings is 4. The number of methoxy groups -OCH3 is 1. The summed E-state index contributed by atoms with van der Waals surface area (Å²) in [5.74, 6) is -8.17. The first-order valence-electron chi connectivity index (χ1n) is 28.9. The number of fused-ring (bicyclic) bond motifs is 2. The van der Waals surface area contributed by atoms with Crippen molar-refractivity contribution in [2.24, 2.45) is 5.92 Å². The van der Waals surface area contributed by atoms with Crippen LogP contribution in [0.2, 0.25) is 0 Å².